The van der Waals surface area contributed by atoms with Crippen LogP contribution < -0.4 is 29.6 Å². The Hall–Kier alpha value is -4.46. The van der Waals surface area contributed by atoms with Crippen LogP contribution >= 0.6 is 0 Å². The first-order valence-electron chi connectivity index (χ1n) is 10.1. The number of benzene rings is 3. The maximum Gasteiger partial charge on any atom is 0.323 e. The van der Waals surface area contributed by atoms with Crippen LogP contribution in [0.1, 0.15) is 0 Å². The van der Waals surface area contributed by atoms with E-state index in [0.29, 0.717) is 45.6 Å². The second-order valence-electron chi connectivity index (χ2n) is 7.00. The van der Waals surface area contributed by atoms with E-state index in [1.807, 2.05) is 6.07 Å². The summed E-state index contributed by atoms with van der Waals surface area (Å²) in [5, 5.41) is 0.773. The fraction of sp³-hybridized carbons (Fsp3) is 0.120. The van der Waals surface area contributed by atoms with Crippen LogP contribution in [0.2, 0.25) is 0 Å². The van der Waals surface area contributed by atoms with Gasteiger partial charge in [-0.25, -0.2) is 4.79 Å². The maximum atomic E-state index is 12.2. The molecule has 4 aromatic rings. The number of nitrogens with zero attached hydrogens (tertiary/aromatic N) is 2. The fourth-order valence-electron chi connectivity index (χ4n) is 3.48. The van der Waals surface area contributed by atoms with Crippen LogP contribution in [-0.2, 0) is 0 Å². The Morgan fingerprint density at radius 2 is 1.52 bits per heavy atom. The molecule has 8 nitrogen and oxygen atoms in total. The van der Waals surface area contributed by atoms with E-state index in [1.54, 1.807) is 88.2 Å². The number of carbonyl (C=O) groups excluding carboxylic acids is 1. The SMILES string of the molecule is COc1cccc(N(C(N)=O)c2ccc(Oc3ccnc4cc(OC)c(OC)cc34)cc2)c1. The van der Waals surface area contributed by atoms with Gasteiger partial charge in [0.25, 0.3) is 0 Å². The highest BCUT2D eigenvalue weighted by Gasteiger charge is 2.16. The highest BCUT2D eigenvalue weighted by atomic mass is 16.5. The maximum absolute atomic E-state index is 12.2. The number of urea groups is 1. The molecule has 0 atom stereocenters. The van der Waals surface area contributed by atoms with Gasteiger partial charge in [0.1, 0.15) is 17.2 Å². The predicted molar refractivity (Wildman–Crippen MR) is 126 cm³/mol. The van der Waals surface area contributed by atoms with Crippen molar-refractivity contribution in [1.29, 1.82) is 0 Å². The molecule has 0 spiro atoms. The van der Waals surface area contributed by atoms with Gasteiger partial charge < -0.3 is 24.7 Å². The Bertz CT molecular complexity index is 1290. The molecule has 0 radical (unpaired) electrons. The molecule has 0 aliphatic rings. The quantitative estimate of drug-likeness (QED) is 0.416. The Balaban J connectivity index is 1.64. The molecule has 0 fully saturated rings. The second-order valence-corrected chi connectivity index (χ2v) is 7.00. The average molecular weight is 445 g/mol. The first kappa shape index (κ1) is 21.8. The number of primary amides is 1. The minimum absolute atomic E-state index is 0.577. The molecule has 0 aliphatic carbocycles. The highest BCUT2D eigenvalue weighted by Crippen LogP contribution is 2.37. The zero-order valence-electron chi connectivity index (χ0n) is 18.4. The van der Waals surface area contributed by atoms with Crippen molar-refractivity contribution in [2.24, 2.45) is 5.73 Å². The van der Waals surface area contributed by atoms with Crippen molar-refractivity contribution in [3.63, 3.8) is 0 Å². The number of amides is 2. The molecule has 2 N–H and O–H groups in total. The van der Waals surface area contributed by atoms with Crippen molar-refractivity contribution in [1.82, 2.24) is 4.98 Å². The molecule has 33 heavy (non-hydrogen) atoms. The number of nitrogens with two attached hydrogens (primary N) is 1. The molecule has 8 heteroatoms. The first-order valence-corrected chi connectivity index (χ1v) is 10.1. The Kier molecular flexibility index (Phi) is 6.17. The zero-order valence-corrected chi connectivity index (χ0v) is 18.4. The van der Waals surface area contributed by atoms with E-state index >= 15 is 0 Å². The van der Waals surface area contributed by atoms with Crippen LogP contribution in [0, 0.1) is 0 Å². The molecule has 3 aromatic carbocycles. The summed E-state index contributed by atoms with van der Waals surface area (Å²) < 4.78 is 22.1. The summed E-state index contributed by atoms with van der Waals surface area (Å²) in [5.74, 6) is 2.97. The minimum Gasteiger partial charge on any atom is -0.497 e. The number of carbonyl (C=O) groups is 1. The monoisotopic (exact) mass is 445 g/mol. The Morgan fingerprint density at radius 1 is 0.788 bits per heavy atom. The molecular weight excluding hydrogens is 422 g/mol. The van der Waals surface area contributed by atoms with E-state index in [9.17, 15) is 4.79 Å². The van der Waals surface area contributed by atoms with Crippen LogP contribution in [-0.4, -0.2) is 32.3 Å². The minimum atomic E-state index is -0.613. The van der Waals surface area contributed by atoms with Crippen LogP contribution in [0.15, 0.2) is 72.9 Å². The van der Waals surface area contributed by atoms with Crippen molar-refractivity contribution in [3.8, 4) is 28.7 Å². The van der Waals surface area contributed by atoms with Gasteiger partial charge in [0, 0.05) is 23.7 Å². The van der Waals surface area contributed by atoms with Crippen molar-refractivity contribution in [2.45, 2.75) is 0 Å². The third-order valence-corrected chi connectivity index (χ3v) is 5.06. The van der Waals surface area contributed by atoms with Crippen molar-refractivity contribution < 1.29 is 23.7 Å². The summed E-state index contributed by atoms with van der Waals surface area (Å²) in [6.45, 7) is 0. The van der Waals surface area contributed by atoms with E-state index in [2.05, 4.69) is 4.98 Å². The molecule has 0 aliphatic heterocycles. The third kappa shape index (κ3) is 4.45. The lowest BCUT2D eigenvalue weighted by atomic mass is 10.1. The lowest BCUT2D eigenvalue weighted by Crippen LogP contribution is -2.31. The summed E-state index contributed by atoms with van der Waals surface area (Å²) in [4.78, 5) is 18.0. The van der Waals surface area contributed by atoms with Crippen LogP contribution in [0.4, 0.5) is 16.2 Å². The van der Waals surface area contributed by atoms with E-state index < -0.39 is 6.03 Å². The summed E-state index contributed by atoms with van der Waals surface area (Å²) in [5.41, 5.74) is 7.55. The summed E-state index contributed by atoms with van der Waals surface area (Å²) in [6.07, 6.45) is 1.66. The summed E-state index contributed by atoms with van der Waals surface area (Å²) in [7, 11) is 4.72. The molecule has 0 saturated carbocycles. The van der Waals surface area contributed by atoms with Gasteiger partial charge in [0.2, 0.25) is 0 Å². The number of methoxy groups -OCH3 is 3. The Labute approximate surface area is 191 Å². The second kappa shape index (κ2) is 9.35. The topological polar surface area (TPSA) is 96.1 Å². The smallest absolute Gasteiger partial charge is 0.323 e. The molecule has 2 amide bonds. The number of anilines is 2. The van der Waals surface area contributed by atoms with Gasteiger partial charge in [-0.2, -0.15) is 0 Å². The van der Waals surface area contributed by atoms with E-state index in [-0.39, 0.29) is 0 Å². The number of ether oxygens (including phenoxy) is 4. The van der Waals surface area contributed by atoms with E-state index in [1.165, 1.54) is 4.90 Å². The van der Waals surface area contributed by atoms with Crippen molar-refractivity contribution in [3.05, 3.63) is 72.9 Å². The van der Waals surface area contributed by atoms with E-state index in [0.717, 1.165) is 5.39 Å². The van der Waals surface area contributed by atoms with Gasteiger partial charge >= 0.3 is 6.03 Å². The van der Waals surface area contributed by atoms with Crippen molar-refractivity contribution >= 4 is 28.3 Å². The number of fused-ring (bicyclic) bond motifs is 1. The number of pyridine rings is 1. The number of hydrogen-bond donors (Lipinski definition) is 1. The Morgan fingerprint density at radius 3 is 2.18 bits per heavy atom. The molecule has 1 aromatic heterocycles. The van der Waals surface area contributed by atoms with Gasteiger partial charge in [-0.3, -0.25) is 9.88 Å². The highest BCUT2D eigenvalue weighted by molar-refractivity contribution is 5.98. The molecule has 1 heterocycles. The molecule has 0 saturated heterocycles. The molecule has 4 rings (SSSR count). The first-order chi connectivity index (χ1) is 16.0. The van der Waals surface area contributed by atoms with Crippen LogP contribution in [0.5, 0.6) is 28.7 Å². The number of aromatic nitrogens is 1. The zero-order chi connectivity index (χ0) is 23.4. The lowest BCUT2D eigenvalue weighted by Gasteiger charge is -2.21. The van der Waals surface area contributed by atoms with Gasteiger partial charge in [0.15, 0.2) is 11.5 Å². The van der Waals surface area contributed by atoms with Gasteiger partial charge in [0.05, 0.1) is 38.2 Å². The number of hydrogen-bond acceptors (Lipinski definition) is 6. The third-order valence-electron chi connectivity index (χ3n) is 5.06. The molecular formula is C25H23N3O5. The standard InChI is InChI=1S/C25H23N3O5/c1-30-19-6-4-5-17(13-19)28(25(26)29)16-7-9-18(10-8-16)33-22-11-12-27-21-15-24(32-3)23(31-2)14-20(21)22/h4-15H,1-3H3,(H2,26,29). The van der Waals surface area contributed by atoms with Gasteiger partial charge in [-0.1, -0.05) is 6.07 Å². The van der Waals surface area contributed by atoms with Crippen LogP contribution in [0.3, 0.4) is 0 Å². The number of rotatable bonds is 7. The summed E-state index contributed by atoms with van der Waals surface area (Å²) >= 11 is 0. The lowest BCUT2D eigenvalue weighted by molar-refractivity contribution is 0.256. The largest absolute Gasteiger partial charge is 0.497 e. The molecule has 168 valence electrons. The van der Waals surface area contributed by atoms with Crippen LogP contribution in [0.25, 0.3) is 10.9 Å². The van der Waals surface area contributed by atoms with E-state index in [4.69, 9.17) is 24.7 Å². The molecule has 0 bridgehead atoms. The average Bonchev–Trinajstić information content (AvgIpc) is 2.84. The molecule has 0 unspecified atom stereocenters. The predicted octanol–water partition coefficient (Wildman–Crippen LogP) is 5.27. The van der Waals surface area contributed by atoms with Gasteiger partial charge in [-0.15, -0.1) is 0 Å². The van der Waals surface area contributed by atoms with Crippen molar-refractivity contribution in [2.75, 3.05) is 26.2 Å². The normalized spacial score (nSPS) is 10.5. The summed E-state index contributed by atoms with van der Waals surface area (Å²) in [6, 6.07) is 18.9. The van der Waals surface area contributed by atoms with Gasteiger partial charge in [-0.05, 0) is 48.5 Å². The fourth-order valence-corrected chi connectivity index (χ4v) is 3.48.